The zero-order chi connectivity index (χ0) is 20.4. The average molecular weight is 461 g/mol. The molecule has 1 fully saturated rings. The van der Waals surface area contributed by atoms with Crippen molar-refractivity contribution in [1.82, 2.24) is 5.32 Å². The summed E-state index contributed by atoms with van der Waals surface area (Å²) in [5.74, 6) is 0.552. The molecule has 0 aliphatic carbocycles. The standard InChI is InChI=1S/C21H21BrN2O3S/c1-4-27-18-11-13(9-16(22)19(18)25)10-17-20(26)24(21(28)23-17)15-7-5-14(6-8-15)12(2)3/h5-12,25H,4H2,1-3H3,(H,23,28)/b17-10-. The minimum absolute atomic E-state index is 0.0251. The number of amides is 1. The first kappa shape index (κ1) is 20.4. The molecule has 28 heavy (non-hydrogen) atoms. The molecule has 0 bridgehead atoms. The highest BCUT2D eigenvalue weighted by Gasteiger charge is 2.32. The predicted molar refractivity (Wildman–Crippen MR) is 119 cm³/mol. The molecule has 5 nitrogen and oxygen atoms in total. The fourth-order valence-electron chi connectivity index (χ4n) is 2.89. The van der Waals surface area contributed by atoms with Crippen LogP contribution in [0, 0.1) is 0 Å². The van der Waals surface area contributed by atoms with Gasteiger partial charge in [-0.05, 0) is 82.5 Å². The van der Waals surface area contributed by atoms with Crippen molar-refractivity contribution in [2.24, 2.45) is 0 Å². The summed E-state index contributed by atoms with van der Waals surface area (Å²) in [6.07, 6.45) is 1.68. The Morgan fingerprint density at radius 3 is 2.57 bits per heavy atom. The molecule has 146 valence electrons. The van der Waals surface area contributed by atoms with Crippen molar-refractivity contribution in [3.63, 3.8) is 0 Å². The Morgan fingerprint density at radius 2 is 1.96 bits per heavy atom. The van der Waals surface area contributed by atoms with Gasteiger partial charge in [0.15, 0.2) is 16.6 Å². The Labute approximate surface area is 178 Å². The third-order valence-electron chi connectivity index (χ3n) is 4.36. The summed E-state index contributed by atoms with van der Waals surface area (Å²) in [5.41, 5.74) is 2.97. The Kier molecular flexibility index (Phi) is 6.05. The zero-order valence-electron chi connectivity index (χ0n) is 15.8. The van der Waals surface area contributed by atoms with Crippen LogP contribution < -0.4 is 15.0 Å². The first-order valence-electron chi connectivity index (χ1n) is 8.94. The molecule has 7 heteroatoms. The number of benzene rings is 2. The number of aromatic hydroxyl groups is 1. The van der Waals surface area contributed by atoms with E-state index in [-0.39, 0.29) is 11.7 Å². The van der Waals surface area contributed by atoms with Crippen molar-refractivity contribution in [3.8, 4) is 11.5 Å². The van der Waals surface area contributed by atoms with E-state index in [0.717, 1.165) is 5.69 Å². The number of halogens is 1. The van der Waals surface area contributed by atoms with Crippen LogP contribution in [0.3, 0.4) is 0 Å². The summed E-state index contributed by atoms with van der Waals surface area (Å²) >= 11 is 8.68. The molecule has 2 aromatic carbocycles. The predicted octanol–water partition coefficient (Wildman–Crippen LogP) is 4.94. The lowest BCUT2D eigenvalue weighted by molar-refractivity contribution is -0.113. The number of phenolic OH excluding ortho intramolecular Hbond substituents is 1. The van der Waals surface area contributed by atoms with Gasteiger partial charge in [0.05, 0.1) is 16.8 Å². The zero-order valence-corrected chi connectivity index (χ0v) is 18.2. The van der Waals surface area contributed by atoms with Crippen LogP contribution >= 0.6 is 28.1 Å². The van der Waals surface area contributed by atoms with Gasteiger partial charge in [-0.25, -0.2) is 0 Å². The van der Waals surface area contributed by atoms with Crippen LogP contribution in [0.1, 0.15) is 37.8 Å². The monoisotopic (exact) mass is 460 g/mol. The van der Waals surface area contributed by atoms with Gasteiger partial charge >= 0.3 is 0 Å². The number of hydrogen-bond acceptors (Lipinski definition) is 4. The normalized spacial score (nSPS) is 15.5. The number of carbonyl (C=O) groups excluding carboxylic acids is 1. The number of anilines is 1. The number of phenols is 1. The van der Waals surface area contributed by atoms with Crippen LogP contribution in [0.15, 0.2) is 46.6 Å². The summed E-state index contributed by atoms with van der Waals surface area (Å²) < 4.78 is 5.93. The van der Waals surface area contributed by atoms with E-state index in [4.69, 9.17) is 17.0 Å². The Bertz CT molecular complexity index is 955. The lowest BCUT2D eigenvalue weighted by atomic mass is 10.0. The molecule has 0 spiro atoms. The molecule has 0 atom stereocenters. The van der Waals surface area contributed by atoms with E-state index in [0.29, 0.717) is 39.1 Å². The molecular formula is C21H21BrN2O3S. The van der Waals surface area contributed by atoms with Crippen LogP contribution in [0.5, 0.6) is 11.5 Å². The summed E-state index contributed by atoms with van der Waals surface area (Å²) in [6.45, 7) is 6.49. The van der Waals surface area contributed by atoms with Crippen LogP contribution in [0.2, 0.25) is 0 Å². The highest BCUT2D eigenvalue weighted by Crippen LogP contribution is 2.36. The van der Waals surface area contributed by atoms with E-state index in [1.165, 1.54) is 10.5 Å². The second kappa shape index (κ2) is 8.32. The molecular weight excluding hydrogens is 440 g/mol. The molecule has 1 heterocycles. The molecule has 1 aliphatic heterocycles. The maximum absolute atomic E-state index is 12.9. The molecule has 2 N–H and O–H groups in total. The van der Waals surface area contributed by atoms with E-state index < -0.39 is 0 Å². The van der Waals surface area contributed by atoms with Gasteiger partial charge in [-0.2, -0.15) is 0 Å². The minimum atomic E-state index is -0.232. The van der Waals surface area contributed by atoms with Gasteiger partial charge in [0.25, 0.3) is 5.91 Å². The third-order valence-corrected chi connectivity index (χ3v) is 5.25. The highest BCUT2D eigenvalue weighted by molar-refractivity contribution is 9.10. The quantitative estimate of drug-likeness (QED) is 0.488. The molecule has 0 saturated carbocycles. The second-order valence-corrected chi connectivity index (χ2v) is 7.90. The molecule has 3 rings (SSSR count). The summed E-state index contributed by atoms with van der Waals surface area (Å²) in [4.78, 5) is 14.4. The number of carbonyl (C=O) groups is 1. The number of rotatable bonds is 5. The van der Waals surface area contributed by atoms with Crippen molar-refractivity contribution in [2.75, 3.05) is 11.5 Å². The molecule has 1 amide bonds. The van der Waals surface area contributed by atoms with Gasteiger partial charge in [-0.15, -0.1) is 0 Å². The first-order chi connectivity index (χ1) is 13.3. The van der Waals surface area contributed by atoms with Crippen LogP contribution in [-0.2, 0) is 4.79 Å². The van der Waals surface area contributed by atoms with E-state index in [1.807, 2.05) is 31.2 Å². The summed E-state index contributed by atoms with van der Waals surface area (Å²) in [7, 11) is 0. The molecule has 1 saturated heterocycles. The maximum Gasteiger partial charge on any atom is 0.281 e. The fraction of sp³-hybridized carbons (Fsp3) is 0.238. The second-order valence-electron chi connectivity index (χ2n) is 6.66. The minimum Gasteiger partial charge on any atom is -0.503 e. The number of nitrogens with one attached hydrogen (secondary N) is 1. The van der Waals surface area contributed by atoms with E-state index in [2.05, 4.69) is 35.1 Å². The largest absolute Gasteiger partial charge is 0.503 e. The van der Waals surface area contributed by atoms with Crippen molar-refractivity contribution < 1.29 is 14.6 Å². The van der Waals surface area contributed by atoms with Crippen molar-refractivity contribution >= 4 is 50.9 Å². The highest BCUT2D eigenvalue weighted by atomic mass is 79.9. The lowest BCUT2D eigenvalue weighted by Gasteiger charge is -2.15. The Balaban J connectivity index is 1.91. The van der Waals surface area contributed by atoms with Gasteiger partial charge in [-0.1, -0.05) is 26.0 Å². The Hall–Kier alpha value is -2.38. The van der Waals surface area contributed by atoms with E-state index >= 15 is 0 Å². The third kappa shape index (κ3) is 4.05. The summed E-state index contributed by atoms with van der Waals surface area (Å²) in [6, 6.07) is 11.2. The molecule has 0 aromatic heterocycles. The SMILES string of the molecule is CCOc1cc(/C=C2\NC(=S)N(c3ccc(C(C)C)cc3)C2=O)cc(Br)c1O. The van der Waals surface area contributed by atoms with Crippen LogP contribution in [0.4, 0.5) is 5.69 Å². The average Bonchev–Trinajstić information content (AvgIpc) is 2.93. The van der Waals surface area contributed by atoms with E-state index in [9.17, 15) is 9.90 Å². The van der Waals surface area contributed by atoms with Crippen molar-refractivity contribution in [2.45, 2.75) is 26.7 Å². The van der Waals surface area contributed by atoms with Crippen molar-refractivity contribution in [1.29, 1.82) is 0 Å². The van der Waals surface area contributed by atoms with Crippen LogP contribution in [0.25, 0.3) is 6.08 Å². The van der Waals surface area contributed by atoms with Crippen LogP contribution in [-0.4, -0.2) is 22.7 Å². The molecule has 0 radical (unpaired) electrons. The number of ether oxygens (including phenoxy) is 1. The Morgan fingerprint density at radius 1 is 1.29 bits per heavy atom. The number of nitrogens with zero attached hydrogens (tertiary/aromatic N) is 1. The lowest BCUT2D eigenvalue weighted by Crippen LogP contribution is -2.30. The van der Waals surface area contributed by atoms with Gasteiger partial charge in [-0.3, -0.25) is 9.69 Å². The van der Waals surface area contributed by atoms with Gasteiger partial charge < -0.3 is 15.2 Å². The van der Waals surface area contributed by atoms with Crippen molar-refractivity contribution in [3.05, 3.63) is 57.7 Å². The topological polar surface area (TPSA) is 61.8 Å². The maximum atomic E-state index is 12.9. The van der Waals surface area contributed by atoms with Gasteiger partial charge in [0.1, 0.15) is 5.70 Å². The summed E-state index contributed by atoms with van der Waals surface area (Å²) in [5, 5.41) is 13.4. The number of thiocarbonyl (C=S) groups is 1. The molecule has 2 aromatic rings. The number of hydrogen-bond donors (Lipinski definition) is 2. The fourth-order valence-corrected chi connectivity index (χ4v) is 3.65. The molecule has 0 unspecified atom stereocenters. The van der Waals surface area contributed by atoms with Gasteiger partial charge in [0.2, 0.25) is 0 Å². The van der Waals surface area contributed by atoms with E-state index in [1.54, 1.807) is 18.2 Å². The van der Waals surface area contributed by atoms with Gasteiger partial charge in [0, 0.05) is 0 Å². The first-order valence-corrected chi connectivity index (χ1v) is 10.1. The molecule has 1 aliphatic rings. The smallest absolute Gasteiger partial charge is 0.281 e.